The van der Waals surface area contributed by atoms with E-state index in [1.54, 1.807) is 19.1 Å². The van der Waals surface area contributed by atoms with E-state index in [9.17, 15) is 18.0 Å². The van der Waals surface area contributed by atoms with Crippen LogP contribution in [0.2, 0.25) is 0 Å². The summed E-state index contributed by atoms with van der Waals surface area (Å²) in [6, 6.07) is 3.46. The van der Waals surface area contributed by atoms with Gasteiger partial charge in [0.2, 0.25) is 5.91 Å². The number of alkyl halides is 3. The lowest BCUT2D eigenvalue weighted by Gasteiger charge is -2.12. The first-order valence-corrected chi connectivity index (χ1v) is 5.92. The van der Waals surface area contributed by atoms with Crippen LogP contribution in [0.25, 0.3) is 0 Å². The SMILES string of the molecule is CC(SCc1ccco1)C(=O)NCC(F)(F)F. The second-order valence-electron chi connectivity index (χ2n) is 3.37. The average molecular weight is 267 g/mol. The number of furan rings is 1. The normalized spacial score (nSPS) is 13.4. The summed E-state index contributed by atoms with van der Waals surface area (Å²) in [4.78, 5) is 11.3. The third-order valence-corrected chi connectivity index (χ3v) is 3.05. The van der Waals surface area contributed by atoms with Crippen LogP contribution in [-0.4, -0.2) is 23.9 Å². The number of thioether (sulfide) groups is 1. The van der Waals surface area contributed by atoms with Crippen molar-refractivity contribution in [3.8, 4) is 0 Å². The summed E-state index contributed by atoms with van der Waals surface area (Å²) in [5, 5.41) is 1.28. The Morgan fingerprint density at radius 1 is 1.59 bits per heavy atom. The Morgan fingerprint density at radius 3 is 2.82 bits per heavy atom. The van der Waals surface area contributed by atoms with Crippen LogP contribution in [0.1, 0.15) is 12.7 Å². The summed E-state index contributed by atoms with van der Waals surface area (Å²) in [5.74, 6) is 0.512. The molecule has 0 spiro atoms. The van der Waals surface area contributed by atoms with Crippen LogP contribution in [0.5, 0.6) is 0 Å². The minimum Gasteiger partial charge on any atom is -0.468 e. The Bertz CT molecular complexity index is 351. The smallest absolute Gasteiger partial charge is 0.405 e. The minimum atomic E-state index is -4.37. The van der Waals surface area contributed by atoms with Crippen molar-refractivity contribution < 1.29 is 22.4 Å². The zero-order valence-corrected chi connectivity index (χ0v) is 9.90. The van der Waals surface area contributed by atoms with Crippen molar-refractivity contribution in [3.05, 3.63) is 24.2 Å². The van der Waals surface area contributed by atoms with Gasteiger partial charge >= 0.3 is 6.18 Å². The molecular formula is C10H12F3NO2S. The molecule has 1 atom stereocenters. The summed E-state index contributed by atoms with van der Waals surface area (Å²) in [6.45, 7) is 0.261. The van der Waals surface area contributed by atoms with Crippen LogP contribution < -0.4 is 5.32 Å². The third kappa shape index (κ3) is 5.67. The van der Waals surface area contributed by atoms with E-state index in [0.29, 0.717) is 11.5 Å². The molecular weight excluding hydrogens is 255 g/mol. The fourth-order valence-corrected chi connectivity index (χ4v) is 1.82. The standard InChI is InChI=1S/C10H12F3NO2S/c1-7(9(15)14-6-10(11,12)13)17-5-8-3-2-4-16-8/h2-4,7H,5-6H2,1H3,(H,14,15). The van der Waals surface area contributed by atoms with Crippen molar-refractivity contribution >= 4 is 17.7 Å². The Labute approximate surface area is 101 Å². The second-order valence-corrected chi connectivity index (χ2v) is 4.69. The molecule has 1 aromatic rings. The molecule has 1 heterocycles. The Morgan fingerprint density at radius 2 is 2.29 bits per heavy atom. The van der Waals surface area contributed by atoms with Crippen LogP contribution in [0, 0.1) is 0 Å². The Hall–Kier alpha value is -1.11. The quantitative estimate of drug-likeness (QED) is 0.891. The van der Waals surface area contributed by atoms with Crippen molar-refractivity contribution in [2.45, 2.75) is 24.1 Å². The number of halogens is 3. The topological polar surface area (TPSA) is 42.2 Å². The Kier molecular flexibility index (Phi) is 4.92. The summed E-state index contributed by atoms with van der Waals surface area (Å²) < 4.78 is 40.6. The summed E-state index contributed by atoms with van der Waals surface area (Å²) in [6.07, 6.45) is -2.87. The molecule has 0 aliphatic rings. The number of hydrogen-bond acceptors (Lipinski definition) is 3. The van der Waals surface area contributed by atoms with Crippen LogP contribution in [0.4, 0.5) is 13.2 Å². The zero-order valence-electron chi connectivity index (χ0n) is 9.08. The molecule has 0 aliphatic heterocycles. The van der Waals surface area contributed by atoms with Gasteiger partial charge in [-0.25, -0.2) is 0 Å². The van der Waals surface area contributed by atoms with Gasteiger partial charge in [0.05, 0.1) is 17.3 Å². The number of carbonyl (C=O) groups excluding carboxylic acids is 1. The largest absolute Gasteiger partial charge is 0.468 e. The van der Waals surface area contributed by atoms with Gasteiger partial charge in [-0.2, -0.15) is 13.2 Å². The Balaban J connectivity index is 2.27. The predicted molar refractivity (Wildman–Crippen MR) is 58.5 cm³/mol. The highest BCUT2D eigenvalue weighted by Gasteiger charge is 2.28. The van der Waals surface area contributed by atoms with Crippen molar-refractivity contribution in [3.63, 3.8) is 0 Å². The van der Waals surface area contributed by atoms with Gasteiger partial charge in [-0.15, -0.1) is 11.8 Å². The van der Waals surface area contributed by atoms with E-state index in [4.69, 9.17) is 4.42 Å². The second kappa shape index (κ2) is 6.00. The lowest BCUT2D eigenvalue weighted by Crippen LogP contribution is -2.38. The molecule has 0 aliphatic carbocycles. The lowest BCUT2D eigenvalue weighted by atomic mass is 10.4. The van der Waals surface area contributed by atoms with Gasteiger partial charge in [0, 0.05) is 0 Å². The fraction of sp³-hybridized carbons (Fsp3) is 0.500. The molecule has 0 saturated carbocycles. The molecule has 17 heavy (non-hydrogen) atoms. The van der Waals surface area contributed by atoms with E-state index in [1.165, 1.54) is 18.0 Å². The molecule has 0 saturated heterocycles. The van der Waals surface area contributed by atoms with Crippen LogP contribution in [0.3, 0.4) is 0 Å². The molecule has 0 fully saturated rings. The van der Waals surface area contributed by atoms with Crippen LogP contribution >= 0.6 is 11.8 Å². The van der Waals surface area contributed by atoms with Crippen LogP contribution in [0.15, 0.2) is 22.8 Å². The summed E-state index contributed by atoms with van der Waals surface area (Å²) in [7, 11) is 0. The van der Waals surface area contributed by atoms with E-state index in [-0.39, 0.29) is 0 Å². The minimum absolute atomic E-state index is 0.452. The van der Waals surface area contributed by atoms with Gasteiger partial charge < -0.3 is 9.73 Å². The molecule has 0 radical (unpaired) electrons. The van der Waals surface area contributed by atoms with Gasteiger partial charge in [0.15, 0.2) is 0 Å². The number of hydrogen-bond donors (Lipinski definition) is 1. The van der Waals surface area contributed by atoms with Crippen molar-refractivity contribution in [2.75, 3.05) is 6.54 Å². The van der Waals surface area contributed by atoms with Crippen molar-refractivity contribution in [2.24, 2.45) is 0 Å². The molecule has 96 valence electrons. The van der Waals surface area contributed by atoms with Gasteiger partial charge in [-0.05, 0) is 19.1 Å². The van der Waals surface area contributed by atoms with Gasteiger partial charge in [0.25, 0.3) is 0 Å². The number of rotatable bonds is 5. The average Bonchev–Trinajstić information content (AvgIpc) is 2.74. The molecule has 1 amide bonds. The number of amides is 1. The molecule has 0 aromatic carbocycles. The maximum atomic E-state index is 11.9. The molecule has 1 unspecified atom stereocenters. The van der Waals surface area contributed by atoms with Crippen LogP contribution in [-0.2, 0) is 10.5 Å². The van der Waals surface area contributed by atoms with E-state index < -0.39 is 23.9 Å². The van der Waals surface area contributed by atoms with E-state index in [1.807, 2.05) is 5.32 Å². The van der Waals surface area contributed by atoms with Crippen molar-refractivity contribution in [1.82, 2.24) is 5.32 Å². The predicted octanol–water partition coefficient (Wildman–Crippen LogP) is 2.58. The molecule has 1 aromatic heterocycles. The summed E-state index contributed by atoms with van der Waals surface area (Å²) in [5.41, 5.74) is 0. The highest BCUT2D eigenvalue weighted by atomic mass is 32.2. The number of nitrogens with one attached hydrogen (secondary N) is 1. The zero-order chi connectivity index (χ0) is 12.9. The highest BCUT2D eigenvalue weighted by molar-refractivity contribution is 7.99. The van der Waals surface area contributed by atoms with Gasteiger partial charge in [-0.1, -0.05) is 0 Å². The molecule has 7 heteroatoms. The maximum Gasteiger partial charge on any atom is 0.405 e. The van der Waals surface area contributed by atoms with E-state index in [0.717, 1.165) is 0 Å². The van der Waals surface area contributed by atoms with Gasteiger partial charge in [0.1, 0.15) is 12.3 Å². The first-order valence-electron chi connectivity index (χ1n) is 4.87. The van der Waals surface area contributed by atoms with E-state index >= 15 is 0 Å². The highest BCUT2D eigenvalue weighted by Crippen LogP contribution is 2.18. The molecule has 1 rings (SSSR count). The first-order chi connectivity index (χ1) is 7.88. The third-order valence-electron chi connectivity index (χ3n) is 1.89. The first kappa shape index (κ1) is 14.0. The molecule has 0 bridgehead atoms. The van der Waals surface area contributed by atoms with E-state index in [2.05, 4.69) is 0 Å². The molecule has 3 nitrogen and oxygen atoms in total. The number of carbonyl (C=O) groups is 1. The summed E-state index contributed by atoms with van der Waals surface area (Å²) >= 11 is 1.22. The fourth-order valence-electron chi connectivity index (χ4n) is 1.01. The molecule has 1 N–H and O–H groups in total. The van der Waals surface area contributed by atoms with Gasteiger partial charge in [-0.3, -0.25) is 4.79 Å². The lowest BCUT2D eigenvalue weighted by molar-refractivity contribution is -0.137. The maximum absolute atomic E-state index is 11.9. The monoisotopic (exact) mass is 267 g/mol. The van der Waals surface area contributed by atoms with Crippen molar-refractivity contribution in [1.29, 1.82) is 0 Å².